The van der Waals surface area contributed by atoms with E-state index in [1.165, 1.54) is 29.6 Å². The van der Waals surface area contributed by atoms with Crippen LogP contribution >= 0.6 is 0 Å². The lowest BCUT2D eigenvalue weighted by atomic mass is 10.2. The van der Waals surface area contributed by atoms with Crippen molar-refractivity contribution in [2.24, 2.45) is 0 Å². The van der Waals surface area contributed by atoms with Crippen LogP contribution in [0.25, 0.3) is 0 Å². The number of allylic oxidation sites excluding steroid dienone is 1. The van der Waals surface area contributed by atoms with E-state index in [-0.39, 0.29) is 5.04 Å². The Hall–Kier alpha value is -1.68. The Balaban J connectivity index is 2.21. The topological polar surface area (TPSA) is 29.5 Å². The predicted octanol–water partition coefficient (Wildman–Crippen LogP) is 5.45. The summed E-state index contributed by atoms with van der Waals surface area (Å²) in [6.07, 6.45) is 9.28. The molecule has 0 saturated carbocycles. The first-order valence-electron chi connectivity index (χ1n) is 11.0. The second kappa shape index (κ2) is 11.5. The van der Waals surface area contributed by atoms with Crippen molar-refractivity contribution >= 4 is 18.7 Å². The molecule has 0 radical (unpaired) electrons. The zero-order valence-electron chi connectivity index (χ0n) is 18.6. The average Bonchev–Trinajstić information content (AvgIpc) is 2.71. The fourth-order valence-electron chi connectivity index (χ4n) is 3.93. The standard InChI is InChI=1S/C26H38O2Si/c1-5-6-7-8-9-12-17-23(27)22-28-29(26(2,3)4,24-18-13-10-14-19-24)25-20-15-11-16-21-25/h9-16,18-21,23,27H,5-8,17,22H2,1-4H3. The number of rotatable bonds is 11. The van der Waals surface area contributed by atoms with Crippen molar-refractivity contribution in [2.75, 3.05) is 6.61 Å². The molecule has 0 bridgehead atoms. The minimum Gasteiger partial charge on any atom is -0.405 e. The molecule has 1 N–H and O–H groups in total. The van der Waals surface area contributed by atoms with Crippen molar-refractivity contribution in [1.82, 2.24) is 0 Å². The zero-order chi connectivity index (χ0) is 21.2. The van der Waals surface area contributed by atoms with Crippen molar-refractivity contribution in [2.45, 2.75) is 70.9 Å². The maximum Gasteiger partial charge on any atom is 0.261 e. The Kier molecular flexibility index (Phi) is 9.35. The van der Waals surface area contributed by atoms with Crippen LogP contribution in [0.15, 0.2) is 72.8 Å². The molecule has 2 aromatic rings. The van der Waals surface area contributed by atoms with Crippen LogP contribution in [-0.2, 0) is 4.43 Å². The largest absolute Gasteiger partial charge is 0.405 e. The molecule has 0 spiro atoms. The molecule has 0 aliphatic carbocycles. The van der Waals surface area contributed by atoms with Crippen LogP contribution in [0.1, 0.15) is 59.8 Å². The minimum atomic E-state index is -2.56. The quantitative estimate of drug-likeness (QED) is 0.303. The number of hydrogen-bond donors (Lipinski definition) is 1. The van der Waals surface area contributed by atoms with E-state index in [9.17, 15) is 5.11 Å². The summed E-state index contributed by atoms with van der Waals surface area (Å²) < 4.78 is 6.78. The lowest BCUT2D eigenvalue weighted by Crippen LogP contribution is -2.67. The van der Waals surface area contributed by atoms with Crippen molar-refractivity contribution in [3.63, 3.8) is 0 Å². The van der Waals surface area contributed by atoms with Crippen molar-refractivity contribution < 1.29 is 9.53 Å². The fraction of sp³-hybridized carbons (Fsp3) is 0.462. The van der Waals surface area contributed by atoms with Gasteiger partial charge in [-0.2, -0.15) is 0 Å². The van der Waals surface area contributed by atoms with Gasteiger partial charge in [-0.05, 0) is 34.7 Å². The first kappa shape index (κ1) is 23.6. The van der Waals surface area contributed by atoms with E-state index in [1.807, 2.05) is 0 Å². The van der Waals surface area contributed by atoms with Gasteiger partial charge in [-0.25, -0.2) is 0 Å². The first-order chi connectivity index (χ1) is 13.9. The Bertz CT molecular complexity index is 680. The van der Waals surface area contributed by atoms with Gasteiger partial charge in [0.25, 0.3) is 8.32 Å². The van der Waals surface area contributed by atoms with Gasteiger partial charge in [0.1, 0.15) is 0 Å². The maximum atomic E-state index is 10.6. The molecule has 0 fully saturated rings. The van der Waals surface area contributed by atoms with Gasteiger partial charge in [0.05, 0.1) is 12.7 Å². The molecule has 2 rings (SSSR count). The van der Waals surface area contributed by atoms with Gasteiger partial charge in [-0.15, -0.1) is 0 Å². The van der Waals surface area contributed by atoms with E-state index in [0.29, 0.717) is 13.0 Å². The summed E-state index contributed by atoms with van der Waals surface area (Å²) in [5.74, 6) is 0. The van der Waals surface area contributed by atoms with Gasteiger partial charge in [0.15, 0.2) is 0 Å². The van der Waals surface area contributed by atoms with Gasteiger partial charge in [-0.1, -0.05) is 113 Å². The van der Waals surface area contributed by atoms with Crippen LogP contribution in [0.3, 0.4) is 0 Å². The molecule has 1 unspecified atom stereocenters. The predicted molar refractivity (Wildman–Crippen MR) is 127 cm³/mol. The summed E-state index contributed by atoms with van der Waals surface area (Å²) in [6.45, 7) is 9.36. The smallest absolute Gasteiger partial charge is 0.261 e. The molecule has 1 atom stereocenters. The van der Waals surface area contributed by atoms with E-state index in [4.69, 9.17) is 4.43 Å². The zero-order valence-corrected chi connectivity index (χ0v) is 19.6. The Morgan fingerprint density at radius 2 is 1.45 bits per heavy atom. The van der Waals surface area contributed by atoms with E-state index < -0.39 is 14.4 Å². The third kappa shape index (κ3) is 6.40. The highest BCUT2D eigenvalue weighted by molar-refractivity contribution is 6.99. The van der Waals surface area contributed by atoms with Crippen LogP contribution in [0.5, 0.6) is 0 Å². The van der Waals surface area contributed by atoms with Crippen LogP contribution < -0.4 is 10.4 Å². The molecule has 158 valence electrons. The second-order valence-electron chi connectivity index (χ2n) is 8.83. The summed E-state index contributed by atoms with van der Waals surface area (Å²) in [5, 5.41) is 13.1. The summed E-state index contributed by atoms with van der Waals surface area (Å²) in [5.41, 5.74) is 0. The molecule has 2 aromatic carbocycles. The fourth-order valence-corrected chi connectivity index (χ4v) is 8.53. The average molecular weight is 411 g/mol. The molecule has 0 aliphatic heterocycles. The van der Waals surface area contributed by atoms with Crippen molar-refractivity contribution in [3.8, 4) is 0 Å². The van der Waals surface area contributed by atoms with Gasteiger partial charge >= 0.3 is 0 Å². The van der Waals surface area contributed by atoms with E-state index in [0.717, 1.165) is 6.42 Å². The lowest BCUT2D eigenvalue weighted by Gasteiger charge is -2.43. The third-order valence-electron chi connectivity index (χ3n) is 5.46. The summed E-state index contributed by atoms with van der Waals surface area (Å²) in [6, 6.07) is 21.2. The van der Waals surface area contributed by atoms with Gasteiger partial charge in [-0.3, -0.25) is 0 Å². The summed E-state index contributed by atoms with van der Waals surface area (Å²) in [7, 11) is -2.56. The van der Waals surface area contributed by atoms with Crippen LogP contribution in [0.4, 0.5) is 0 Å². The second-order valence-corrected chi connectivity index (χ2v) is 13.1. The number of unbranched alkanes of at least 4 members (excludes halogenated alkanes) is 3. The highest BCUT2D eigenvalue weighted by Gasteiger charge is 2.50. The maximum absolute atomic E-state index is 10.6. The van der Waals surface area contributed by atoms with Gasteiger partial charge in [0.2, 0.25) is 0 Å². The van der Waals surface area contributed by atoms with Crippen LogP contribution in [0.2, 0.25) is 5.04 Å². The summed E-state index contributed by atoms with van der Waals surface area (Å²) in [4.78, 5) is 0. The molecule has 2 nitrogen and oxygen atoms in total. The van der Waals surface area contributed by atoms with Crippen molar-refractivity contribution in [1.29, 1.82) is 0 Å². The van der Waals surface area contributed by atoms with E-state index >= 15 is 0 Å². The monoisotopic (exact) mass is 410 g/mol. The molecule has 0 aliphatic rings. The lowest BCUT2D eigenvalue weighted by molar-refractivity contribution is 0.105. The highest BCUT2D eigenvalue weighted by Crippen LogP contribution is 2.36. The van der Waals surface area contributed by atoms with E-state index in [2.05, 4.69) is 101 Å². The Morgan fingerprint density at radius 3 is 1.93 bits per heavy atom. The highest BCUT2D eigenvalue weighted by atomic mass is 28.4. The van der Waals surface area contributed by atoms with Crippen molar-refractivity contribution in [3.05, 3.63) is 72.8 Å². The Morgan fingerprint density at radius 1 is 0.897 bits per heavy atom. The summed E-state index contributed by atoms with van der Waals surface area (Å²) >= 11 is 0. The molecular weight excluding hydrogens is 372 g/mol. The Labute approximate surface area is 178 Å². The molecule has 0 heterocycles. The molecule has 3 heteroatoms. The first-order valence-corrected chi connectivity index (χ1v) is 12.9. The normalized spacial score (nSPS) is 13.7. The van der Waals surface area contributed by atoms with Crippen LogP contribution in [-0.4, -0.2) is 26.1 Å². The van der Waals surface area contributed by atoms with Crippen LogP contribution in [0, 0.1) is 0 Å². The molecular formula is C26H38O2Si. The number of aliphatic hydroxyl groups excluding tert-OH is 1. The SMILES string of the molecule is CCCCCC=CCC(O)CO[Si](c1ccccc1)(c1ccccc1)C(C)(C)C. The molecule has 0 saturated heterocycles. The third-order valence-corrected chi connectivity index (χ3v) is 10.5. The number of benzene rings is 2. The van der Waals surface area contributed by atoms with Gasteiger partial charge in [0, 0.05) is 0 Å². The minimum absolute atomic E-state index is 0.0641. The molecule has 0 amide bonds. The van der Waals surface area contributed by atoms with E-state index in [1.54, 1.807) is 0 Å². The molecule has 29 heavy (non-hydrogen) atoms. The number of hydrogen-bond acceptors (Lipinski definition) is 2. The molecule has 0 aromatic heterocycles. The van der Waals surface area contributed by atoms with Gasteiger partial charge < -0.3 is 9.53 Å². The number of aliphatic hydroxyl groups is 1.